The van der Waals surface area contributed by atoms with E-state index in [-0.39, 0.29) is 5.91 Å². The first-order valence-corrected chi connectivity index (χ1v) is 7.93. The first kappa shape index (κ1) is 13.6. The number of fused-ring (bicyclic) bond motifs is 1. The molecule has 108 valence electrons. The van der Waals surface area contributed by atoms with Crippen LogP contribution in [0.2, 0.25) is 0 Å². The first-order chi connectivity index (χ1) is 9.81. The molecule has 2 aliphatic rings. The standard InChI is InChI=1S/C17H24N2O/c1-2-19(14-7-3-4-8-14)17(20)16-9-5-6-13-12-18-11-10-15(13)16/h5-6,9,14,18H,2-4,7-8,10-12H2,1H3. The maximum atomic E-state index is 12.9. The van der Waals surface area contributed by atoms with Gasteiger partial charge < -0.3 is 10.2 Å². The summed E-state index contributed by atoms with van der Waals surface area (Å²) in [5.74, 6) is 0.248. The van der Waals surface area contributed by atoms with E-state index in [1.807, 2.05) is 12.1 Å². The molecule has 1 N–H and O–H groups in total. The normalized spacial score (nSPS) is 18.9. The monoisotopic (exact) mass is 272 g/mol. The van der Waals surface area contributed by atoms with Gasteiger partial charge in [0.25, 0.3) is 5.91 Å². The van der Waals surface area contributed by atoms with Gasteiger partial charge >= 0.3 is 0 Å². The van der Waals surface area contributed by atoms with Crippen molar-refractivity contribution in [2.45, 2.75) is 51.6 Å². The summed E-state index contributed by atoms with van der Waals surface area (Å²) in [7, 11) is 0. The number of nitrogens with zero attached hydrogens (tertiary/aromatic N) is 1. The van der Waals surface area contributed by atoms with E-state index in [1.165, 1.54) is 36.8 Å². The Morgan fingerprint density at radius 3 is 2.90 bits per heavy atom. The van der Waals surface area contributed by atoms with E-state index in [4.69, 9.17) is 0 Å². The summed E-state index contributed by atoms with van der Waals surface area (Å²) in [6, 6.07) is 6.65. The van der Waals surface area contributed by atoms with Crippen molar-refractivity contribution < 1.29 is 4.79 Å². The van der Waals surface area contributed by atoms with Crippen LogP contribution in [0.15, 0.2) is 18.2 Å². The van der Waals surface area contributed by atoms with Crippen LogP contribution in [0.5, 0.6) is 0 Å². The summed E-state index contributed by atoms with van der Waals surface area (Å²) in [5.41, 5.74) is 3.51. The van der Waals surface area contributed by atoms with E-state index in [9.17, 15) is 4.79 Å². The van der Waals surface area contributed by atoms with Crippen LogP contribution in [-0.4, -0.2) is 29.9 Å². The van der Waals surface area contributed by atoms with Gasteiger partial charge in [-0.1, -0.05) is 25.0 Å². The fourth-order valence-corrected chi connectivity index (χ4v) is 3.67. The number of carbonyl (C=O) groups is 1. The van der Waals surface area contributed by atoms with Gasteiger partial charge in [0.05, 0.1) is 0 Å². The van der Waals surface area contributed by atoms with E-state index in [1.54, 1.807) is 0 Å². The number of rotatable bonds is 3. The molecule has 0 bridgehead atoms. The van der Waals surface area contributed by atoms with Crippen LogP contribution >= 0.6 is 0 Å². The van der Waals surface area contributed by atoms with Crippen molar-refractivity contribution in [1.29, 1.82) is 0 Å². The lowest BCUT2D eigenvalue weighted by Gasteiger charge is -2.29. The number of carbonyl (C=O) groups excluding carboxylic acids is 1. The molecule has 0 atom stereocenters. The van der Waals surface area contributed by atoms with Gasteiger partial charge in [-0.15, -0.1) is 0 Å². The highest BCUT2D eigenvalue weighted by Crippen LogP contribution is 2.27. The van der Waals surface area contributed by atoms with Crippen molar-refractivity contribution in [1.82, 2.24) is 10.2 Å². The van der Waals surface area contributed by atoms with Gasteiger partial charge in [-0.2, -0.15) is 0 Å². The van der Waals surface area contributed by atoms with Gasteiger partial charge in [-0.05, 0) is 49.9 Å². The van der Waals surface area contributed by atoms with E-state index in [2.05, 4.69) is 23.2 Å². The maximum Gasteiger partial charge on any atom is 0.254 e. The largest absolute Gasteiger partial charge is 0.336 e. The van der Waals surface area contributed by atoms with Crippen LogP contribution in [0.4, 0.5) is 0 Å². The Hall–Kier alpha value is -1.35. The second-order valence-corrected chi connectivity index (χ2v) is 5.90. The minimum absolute atomic E-state index is 0.248. The quantitative estimate of drug-likeness (QED) is 0.917. The molecule has 20 heavy (non-hydrogen) atoms. The second kappa shape index (κ2) is 5.96. The van der Waals surface area contributed by atoms with Gasteiger partial charge in [0.2, 0.25) is 0 Å². The highest BCUT2D eigenvalue weighted by atomic mass is 16.2. The Kier molecular flexibility index (Phi) is 4.06. The topological polar surface area (TPSA) is 32.3 Å². The summed E-state index contributed by atoms with van der Waals surface area (Å²) < 4.78 is 0. The molecule has 0 aromatic heterocycles. The smallest absolute Gasteiger partial charge is 0.254 e. The number of amides is 1. The van der Waals surface area contributed by atoms with Crippen molar-refractivity contribution >= 4 is 5.91 Å². The lowest BCUT2D eigenvalue weighted by molar-refractivity contribution is 0.0692. The second-order valence-electron chi connectivity index (χ2n) is 5.90. The molecule has 1 saturated carbocycles. The minimum atomic E-state index is 0.248. The Morgan fingerprint density at radius 2 is 2.15 bits per heavy atom. The predicted molar refractivity (Wildman–Crippen MR) is 80.8 cm³/mol. The van der Waals surface area contributed by atoms with Crippen LogP contribution in [0.25, 0.3) is 0 Å². The molecule has 1 aliphatic carbocycles. The van der Waals surface area contributed by atoms with Crippen LogP contribution in [-0.2, 0) is 13.0 Å². The Balaban J connectivity index is 1.89. The molecule has 1 amide bonds. The van der Waals surface area contributed by atoms with Gasteiger partial charge in [-0.25, -0.2) is 0 Å². The molecule has 1 aromatic carbocycles. The molecule has 3 heteroatoms. The van der Waals surface area contributed by atoms with Crippen molar-refractivity contribution in [2.24, 2.45) is 0 Å². The van der Waals surface area contributed by atoms with Crippen molar-refractivity contribution in [3.63, 3.8) is 0 Å². The lowest BCUT2D eigenvalue weighted by Crippen LogP contribution is -2.39. The Morgan fingerprint density at radius 1 is 1.35 bits per heavy atom. The zero-order chi connectivity index (χ0) is 13.9. The number of benzene rings is 1. The van der Waals surface area contributed by atoms with E-state index in [0.29, 0.717) is 6.04 Å². The molecule has 1 heterocycles. The number of hydrogen-bond acceptors (Lipinski definition) is 2. The zero-order valence-corrected chi connectivity index (χ0v) is 12.3. The van der Waals surface area contributed by atoms with Gasteiger partial charge in [0.1, 0.15) is 0 Å². The summed E-state index contributed by atoms with van der Waals surface area (Å²) in [5, 5.41) is 3.38. The molecule has 3 nitrogen and oxygen atoms in total. The highest BCUT2D eigenvalue weighted by Gasteiger charge is 2.28. The Labute approximate surface area is 121 Å². The number of nitrogens with one attached hydrogen (secondary N) is 1. The third-order valence-electron chi connectivity index (χ3n) is 4.74. The molecular formula is C17H24N2O. The minimum Gasteiger partial charge on any atom is -0.336 e. The van der Waals surface area contributed by atoms with Gasteiger partial charge in [0, 0.05) is 24.7 Å². The average Bonchev–Trinajstić information content (AvgIpc) is 3.01. The molecule has 1 aliphatic heterocycles. The van der Waals surface area contributed by atoms with Crippen LogP contribution in [0, 0.1) is 0 Å². The average molecular weight is 272 g/mol. The van der Waals surface area contributed by atoms with E-state index < -0.39 is 0 Å². The van der Waals surface area contributed by atoms with Gasteiger partial charge in [0.15, 0.2) is 0 Å². The molecule has 1 aromatic rings. The fraction of sp³-hybridized carbons (Fsp3) is 0.588. The van der Waals surface area contributed by atoms with Crippen molar-refractivity contribution in [3.05, 3.63) is 34.9 Å². The predicted octanol–water partition coefficient (Wildman–Crippen LogP) is 2.74. The summed E-state index contributed by atoms with van der Waals surface area (Å²) in [6.07, 6.45) is 5.86. The summed E-state index contributed by atoms with van der Waals surface area (Å²) in [6.45, 7) is 4.80. The SMILES string of the molecule is CCN(C(=O)c1cccc2c1CCNC2)C1CCCC1. The molecule has 3 rings (SSSR count). The van der Waals surface area contributed by atoms with Crippen LogP contribution < -0.4 is 5.32 Å². The maximum absolute atomic E-state index is 12.9. The summed E-state index contributed by atoms with van der Waals surface area (Å²) >= 11 is 0. The van der Waals surface area contributed by atoms with E-state index in [0.717, 1.165) is 31.6 Å². The molecule has 0 spiro atoms. The summed E-state index contributed by atoms with van der Waals surface area (Å²) in [4.78, 5) is 15.0. The van der Waals surface area contributed by atoms with Crippen LogP contribution in [0.1, 0.15) is 54.1 Å². The fourth-order valence-electron chi connectivity index (χ4n) is 3.67. The third-order valence-corrected chi connectivity index (χ3v) is 4.74. The van der Waals surface area contributed by atoms with Crippen LogP contribution in [0.3, 0.4) is 0 Å². The molecule has 0 unspecified atom stereocenters. The number of hydrogen-bond donors (Lipinski definition) is 1. The first-order valence-electron chi connectivity index (χ1n) is 7.93. The molecule has 1 fully saturated rings. The molecular weight excluding hydrogens is 248 g/mol. The molecule has 0 radical (unpaired) electrons. The third kappa shape index (κ3) is 2.47. The van der Waals surface area contributed by atoms with E-state index >= 15 is 0 Å². The van der Waals surface area contributed by atoms with Crippen molar-refractivity contribution in [3.8, 4) is 0 Å². The molecule has 0 saturated heterocycles. The zero-order valence-electron chi connectivity index (χ0n) is 12.3. The lowest BCUT2D eigenvalue weighted by atomic mass is 9.94. The Bertz CT molecular complexity index is 492. The van der Waals surface area contributed by atoms with Crippen molar-refractivity contribution in [2.75, 3.05) is 13.1 Å². The highest BCUT2D eigenvalue weighted by molar-refractivity contribution is 5.96. The van der Waals surface area contributed by atoms with Gasteiger partial charge in [-0.3, -0.25) is 4.79 Å².